The predicted molar refractivity (Wildman–Crippen MR) is 105 cm³/mol. The molecule has 2 unspecified atom stereocenters. The molecule has 1 fully saturated rings. The SMILES string of the molecule is Cn1cccc1C1C(c2ccccn2)NC(=S)N1c1ccc(Cl)cc1. The monoisotopic (exact) mass is 368 g/mol. The zero-order valence-corrected chi connectivity index (χ0v) is 15.2. The van der Waals surface area contributed by atoms with Gasteiger partial charge in [-0.2, -0.15) is 0 Å². The number of thiocarbonyl (C=S) groups is 1. The molecule has 0 saturated carbocycles. The summed E-state index contributed by atoms with van der Waals surface area (Å²) in [5, 5.41) is 4.84. The van der Waals surface area contributed by atoms with Crippen LogP contribution in [0.5, 0.6) is 0 Å². The molecule has 1 aliphatic rings. The van der Waals surface area contributed by atoms with Gasteiger partial charge in [-0.25, -0.2) is 0 Å². The van der Waals surface area contributed by atoms with Crippen LogP contribution < -0.4 is 10.2 Å². The van der Waals surface area contributed by atoms with E-state index in [9.17, 15) is 0 Å². The third kappa shape index (κ3) is 2.90. The molecular weight excluding hydrogens is 352 g/mol. The van der Waals surface area contributed by atoms with Gasteiger partial charge in [0.1, 0.15) is 6.04 Å². The van der Waals surface area contributed by atoms with Crippen LogP contribution in [0.3, 0.4) is 0 Å². The molecule has 1 aromatic carbocycles. The zero-order valence-electron chi connectivity index (χ0n) is 13.6. The summed E-state index contributed by atoms with van der Waals surface area (Å²) in [6, 6.07) is 17.9. The fraction of sp³-hybridized carbons (Fsp3) is 0.158. The number of benzene rings is 1. The lowest BCUT2D eigenvalue weighted by Crippen LogP contribution is -2.30. The van der Waals surface area contributed by atoms with Gasteiger partial charge in [-0.15, -0.1) is 0 Å². The van der Waals surface area contributed by atoms with E-state index in [4.69, 9.17) is 23.8 Å². The average molecular weight is 369 g/mol. The highest BCUT2D eigenvalue weighted by Gasteiger charge is 2.41. The van der Waals surface area contributed by atoms with Crippen molar-refractivity contribution in [2.24, 2.45) is 7.05 Å². The molecule has 126 valence electrons. The molecule has 1 aliphatic heterocycles. The van der Waals surface area contributed by atoms with Crippen LogP contribution in [0, 0.1) is 0 Å². The number of aromatic nitrogens is 2. The molecule has 25 heavy (non-hydrogen) atoms. The topological polar surface area (TPSA) is 33.1 Å². The minimum atomic E-state index is -0.0296. The third-order valence-electron chi connectivity index (χ3n) is 4.49. The molecule has 0 amide bonds. The lowest BCUT2D eigenvalue weighted by molar-refractivity contribution is 0.541. The number of nitrogens with zero attached hydrogens (tertiary/aromatic N) is 3. The Kier molecular flexibility index (Phi) is 4.19. The highest BCUT2D eigenvalue weighted by Crippen LogP contribution is 2.41. The Morgan fingerprint density at radius 2 is 1.88 bits per heavy atom. The first kappa shape index (κ1) is 16.1. The molecule has 4 nitrogen and oxygen atoms in total. The molecule has 3 aromatic rings. The lowest BCUT2D eigenvalue weighted by atomic mass is 10.0. The summed E-state index contributed by atoms with van der Waals surface area (Å²) in [4.78, 5) is 6.69. The van der Waals surface area contributed by atoms with Gasteiger partial charge in [-0.05, 0) is 60.7 Å². The van der Waals surface area contributed by atoms with Gasteiger partial charge in [0.15, 0.2) is 5.11 Å². The molecule has 6 heteroatoms. The smallest absolute Gasteiger partial charge is 0.174 e. The first-order valence-corrected chi connectivity index (χ1v) is 8.81. The minimum absolute atomic E-state index is 0.00331. The number of nitrogens with one attached hydrogen (secondary N) is 1. The quantitative estimate of drug-likeness (QED) is 0.700. The van der Waals surface area contributed by atoms with Crippen molar-refractivity contribution in [3.63, 3.8) is 0 Å². The van der Waals surface area contributed by atoms with Gasteiger partial charge in [-0.3, -0.25) is 4.98 Å². The number of rotatable bonds is 3. The Labute approximate surface area is 157 Å². The van der Waals surface area contributed by atoms with Gasteiger partial charge >= 0.3 is 0 Å². The van der Waals surface area contributed by atoms with Crippen molar-refractivity contribution in [3.05, 3.63) is 83.4 Å². The van der Waals surface area contributed by atoms with E-state index < -0.39 is 0 Å². The molecule has 0 radical (unpaired) electrons. The Morgan fingerprint density at radius 1 is 1.08 bits per heavy atom. The second kappa shape index (κ2) is 6.50. The Balaban J connectivity index is 1.83. The number of aryl methyl sites for hydroxylation is 1. The maximum absolute atomic E-state index is 6.06. The molecule has 0 bridgehead atoms. The van der Waals surface area contributed by atoms with E-state index in [1.807, 2.05) is 68.0 Å². The summed E-state index contributed by atoms with van der Waals surface area (Å²) >= 11 is 11.7. The Bertz CT molecular complexity index is 891. The van der Waals surface area contributed by atoms with E-state index in [1.54, 1.807) is 0 Å². The van der Waals surface area contributed by atoms with Crippen LogP contribution in [-0.2, 0) is 7.05 Å². The van der Waals surface area contributed by atoms with Gasteiger partial charge in [-0.1, -0.05) is 17.7 Å². The standard InChI is InChI=1S/C19H17ClN4S/c1-23-12-4-6-16(23)18-17(15-5-2-3-11-21-15)22-19(25)24(18)14-9-7-13(20)8-10-14/h2-12,17-18H,1H3,(H,22,25). The van der Waals surface area contributed by atoms with Gasteiger partial charge in [0, 0.05) is 35.8 Å². The van der Waals surface area contributed by atoms with Crippen LogP contribution >= 0.6 is 23.8 Å². The van der Waals surface area contributed by atoms with Crippen LogP contribution in [0.1, 0.15) is 23.5 Å². The zero-order chi connectivity index (χ0) is 17.4. The largest absolute Gasteiger partial charge is 0.353 e. The molecule has 2 atom stereocenters. The first-order chi connectivity index (χ1) is 12.1. The van der Waals surface area contributed by atoms with Gasteiger partial charge in [0.2, 0.25) is 0 Å². The molecule has 1 saturated heterocycles. The van der Waals surface area contributed by atoms with E-state index in [1.165, 1.54) is 0 Å². The Hall–Kier alpha value is -2.37. The van der Waals surface area contributed by atoms with Crippen molar-refractivity contribution < 1.29 is 0 Å². The predicted octanol–water partition coefficient (Wildman–Crippen LogP) is 4.25. The molecule has 4 rings (SSSR count). The molecular formula is C19H17ClN4S. The van der Waals surface area contributed by atoms with E-state index in [-0.39, 0.29) is 12.1 Å². The van der Waals surface area contributed by atoms with Crippen molar-refractivity contribution >= 4 is 34.6 Å². The summed E-state index contributed by atoms with van der Waals surface area (Å²) in [5.74, 6) is 0. The fourth-order valence-electron chi connectivity index (χ4n) is 3.32. The third-order valence-corrected chi connectivity index (χ3v) is 5.06. The lowest BCUT2D eigenvalue weighted by Gasteiger charge is -2.28. The second-order valence-electron chi connectivity index (χ2n) is 6.02. The van der Waals surface area contributed by atoms with Crippen LogP contribution in [0.2, 0.25) is 5.02 Å². The molecule has 2 aromatic heterocycles. The summed E-state index contributed by atoms with van der Waals surface area (Å²) in [6.45, 7) is 0. The highest BCUT2D eigenvalue weighted by molar-refractivity contribution is 7.80. The summed E-state index contributed by atoms with van der Waals surface area (Å²) in [6.07, 6.45) is 3.86. The van der Waals surface area contributed by atoms with Crippen molar-refractivity contribution in [1.82, 2.24) is 14.9 Å². The van der Waals surface area contributed by atoms with E-state index in [0.717, 1.165) is 17.1 Å². The number of hydrogen-bond donors (Lipinski definition) is 1. The molecule has 3 heterocycles. The van der Waals surface area contributed by atoms with Crippen molar-refractivity contribution in [2.45, 2.75) is 12.1 Å². The maximum atomic E-state index is 6.06. The first-order valence-electron chi connectivity index (χ1n) is 8.02. The van der Waals surface area contributed by atoms with Gasteiger partial charge < -0.3 is 14.8 Å². The van der Waals surface area contributed by atoms with E-state index in [2.05, 4.69) is 25.8 Å². The maximum Gasteiger partial charge on any atom is 0.174 e. The minimum Gasteiger partial charge on any atom is -0.353 e. The van der Waals surface area contributed by atoms with Crippen LogP contribution in [-0.4, -0.2) is 14.7 Å². The molecule has 0 spiro atoms. The van der Waals surface area contributed by atoms with Crippen molar-refractivity contribution in [3.8, 4) is 0 Å². The number of pyridine rings is 1. The number of anilines is 1. The average Bonchev–Trinajstić information content (AvgIpc) is 3.19. The summed E-state index contributed by atoms with van der Waals surface area (Å²) < 4.78 is 2.12. The Morgan fingerprint density at radius 3 is 2.52 bits per heavy atom. The molecule has 1 N–H and O–H groups in total. The fourth-order valence-corrected chi connectivity index (χ4v) is 3.79. The van der Waals surface area contributed by atoms with Crippen LogP contribution in [0.25, 0.3) is 0 Å². The van der Waals surface area contributed by atoms with Gasteiger partial charge in [0.25, 0.3) is 0 Å². The number of hydrogen-bond acceptors (Lipinski definition) is 2. The van der Waals surface area contributed by atoms with E-state index in [0.29, 0.717) is 10.1 Å². The van der Waals surface area contributed by atoms with Crippen LogP contribution in [0.4, 0.5) is 5.69 Å². The summed E-state index contributed by atoms with van der Waals surface area (Å²) in [7, 11) is 2.05. The van der Waals surface area contributed by atoms with Crippen LogP contribution in [0.15, 0.2) is 67.0 Å². The van der Waals surface area contributed by atoms with Gasteiger partial charge in [0.05, 0.1) is 11.7 Å². The van der Waals surface area contributed by atoms with Crippen molar-refractivity contribution in [1.29, 1.82) is 0 Å². The number of halogens is 1. The second-order valence-corrected chi connectivity index (χ2v) is 6.84. The van der Waals surface area contributed by atoms with Crippen molar-refractivity contribution in [2.75, 3.05) is 4.90 Å². The molecule has 0 aliphatic carbocycles. The summed E-state index contributed by atoms with van der Waals surface area (Å²) in [5.41, 5.74) is 3.14. The van der Waals surface area contributed by atoms with E-state index >= 15 is 0 Å². The normalized spacial score (nSPS) is 19.9. The highest BCUT2D eigenvalue weighted by atomic mass is 35.5.